The Kier molecular flexibility index (Phi) is 4.44. The van der Waals surface area contributed by atoms with E-state index in [9.17, 15) is 9.59 Å². The smallest absolute Gasteiger partial charge is 0.278 e. The lowest BCUT2D eigenvalue weighted by Gasteiger charge is -2.14. The summed E-state index contributed by atoms with van der Waals surface area (Å²) in [5.41, 5.74) is 1.31. The van der Waals surface area contributed by atoms with Gasteiger partial charge in [0, 0.05) is 9.75 Å². The van der Waals surface area contributed by atoms with Crippen LogP contribution in [0.25, 0.3) is 10.9 Å². The van der Waals surface area contributed by atoms with Crippen molar-refractivity contribution in [3.8, 4) is 0 Å². The molecule has 2 aromatic heterocycles. The molecule has 0 spiro atoms. The van der Waals surface area contributed by atoms with Gasteiger partial charge in [0.2, 0.25) is 5.91 Å². The van der Waals surface area contributed by atoms with Gasteiger partial charge in [0.1, 0.15) is 12.1 Å². The Balaban J connectivity index is 1.77. The van der Waals surface area contributed by atoms with E-state index < -0.39 is 0 Å². The van der Waals surface area contributed by atoms with Crippen molar-refractivity contribution in [3.63, 3.8) is 0 Å². The Hall–Kier alpha value is -2.54. The average Bonchev–Trinajstić information content (AvgIpc) is 2.89. The van der Waals surface area contributed by atoms with Crippen LogP contribution < -0.4 is 10.9 Å². The van der Waals surface area contributed by atoms with Crippen LogP contribution in [0.1, 0.15) is 28.3 Å². The van der Waals surface area contributed by atoms with Gasteiger partial charge in [0.15, 0.2) is 0 Å². The normalized spacial score (nSPS) is 12.3. The van der Waals surface area contributed by atoms with E-state index in [1.807, 2.05) is 20.8 Å². The first-order valence-electron chi connectivity index (χ1n) is 7.64. The third-order valence-electron chi connectivity index (χ3n) is 3.85. The van der Waals surface area contributed by atoms with E-state index in [2.05, 4.69) is 21.7 Å². The van der Waals surface area contributed by atoms with Crippen molar-refractivity contribution < 1.29 is 4.79 Å². The average molecular weight is 342 g/mol. The lowest BCUT2D eigenvalue weighted by Crippen LogP contribution is -2.35. The monoisotopic (exact) mass is 342 g/mol. The summed E-state index contributed by atoms with van der Waals surface area (Å²) in [5, 5.41) is 11.2. The molecule has 124 valence electrons. The highest BCUT2D eigenvalue weighted by Crippen LogP contribution is 2.25. The third kappa shape index (κ3) is 3.21. The van der Waals surface area contributed by atoms with Crippen LogP contribution >= 0.6 is 11.3 Å². The second-order valence-corrected chi connectivity index (χ2v) is 7.19. The van der Waals surface area contributed by atoms with Gasteiger partial charge in [-0.05, 0) is 44.5 Å². The van der Waals surface area contributed by atoms with E-state index in [4.69, 9.17) is 0 Å². The van der Waals surface area contributed by atoms with Crippen molar-refractivity contribution in [2.75, 3.05) is 0 Å². The lowest BCUT2D eigenvalue weighted by molar-refractivity contribution is -0.122. The highest BCUT2D eigenvalue weighted by molar-refractivity contribution is 7.12. The van der Waals surface area contributed by atoms with Crippen LogP contribution in [0, 0.1) is 13.8 Å². The molecule has 7 heteroatoms. The number of hydrogen-bond acceptors (Lipinski definition) is 5. The Labute approximate surface area is 143 Å². The maximum Gasteiger partial charge on any atom is 0.278 e. The summed E-state index contributed by atoms with van der Waals surface area (Å²) in [6.45, 7) is 5.86. The molecule has 2 heterocycles. The Morgan fingerprint density at radius 3 is 2.79 bits per heavy atom. The predicted octanol–water partition coefficient (Wildman–Crippen LogP) is 2.35. The molecule has 0 fully saturated rings. The molecule has 1 aromatic carbocycles. The molecule has 3 rings (SSSR count). The van der Waals surface area contributed by atoms with Crippen molar-refractivity contribution >= 4 is 28.1 Å². The van der Waals surface area contributed by atoms with E-state index in [1.54, 1.807) is 35.6 Å². The van der Waals surface area contributed by atoms with Gasteiger partial charge in [-0.2, -0.15) is 0 Å². The molecular formula is C17H18N4O2S. The summed E-state index contributed by atoms with van der Waals surface area (Å²) < 4.78 is 1.09. The third-order valence-corrected chi connectivity index (χ3v) is 4.83. The number of nitrogens with zero attached hydrogens (tertiary/aromatic N) is 3. The van der Waals surface area contributed by atoms with Crippen molar-refractivity contribution in [2.24, 2.45) is 0 Å². The van der Waals surface area contributed by atoms with Crippen LogP contribution in [0.5, 0.6) is 0 Å². The molecule has 0 aliphatic carbocycles. The Morgan fingerprint density at radius 1 is 1.33 bits per heavy atom. The number of carbonyl (C=O) groups is 1. The number of carbonyl (C=O) groups excluding carboxylic acids is 1. The molecule has 6 nitrogen and oxygen atoms in total. The molecule has 0 saturated heterocycles. The van der Waals surface area contributed by atoms with Gasteiger partial charge in [-0.15, -0.1) is 16.4 Å². The summed E-state index contributed by atoms with van der Waals surface area (Å²) in [6.07, 6.45) is 0. The van der Waals surface area contributed by atoms with Gasteiger partial charge in [0.05, 0.1) is 11.4 Å². The van der Waals surface area contributed by atoms with Crippen LogP contribution in [0.15, 0.2) is 35.1 Å². The molecule has 1 unspecified atom stereocenters. The SMILES string of the molecule is Cc1cc(C(C)NC(=O)Cn2nnc3ccccc3c2=O)c(C)s1. The molecule has 0 aliphatic heterocycles. The number of thiophene rings is 1. The summed E-state index contributed by atoms with van der Waals surface area (Å²) in [6, 6.07) is 8.91. The second kappa shape index (κ2) is 6.52. The van der Waals surface area contributed by atoms with Gasteiger partial charge >= 0.3 is 0 Å². The number of nitrogens with one attached hydrogen (secondary N) is 1. The van der Waals surface area contributed by atoms with Gasteiger partial charge in [-0.25, -0.2) is 4.68 Å². The van der Waals surface area contributed by atoms with Crippen LogP contribution in [0.2, 0.25) is 0 Å². The van der Waals surface area contributed by atoms with Gasteiger partial charge < -0.3 is 5.32 Å². The summed E-state index contributed by atoms with van der Waals surface area (Å²) >= 11 is 1.70. The number of rotatable bonds is 4. The number of fused-ring (bicyclic) bond motifs is 1. The summed E-state index contributed by atoms with van der Waals surface area (Å²) in [4.78, 5) is 27.0. The van der Waals surface area contributed by atoms with Gasteiger partial charge in [-0.3, -0.25) is 9.59 Å². The largest absolute Gasteiger partial charge is 0.348 e. The molecule has 1 amide bonds. The molecule has 0 bridgehead atoms. The predicted molar refractivity (Wildman–Crippen MR) is 94.1 cm³/mol. The summed E-state index contributed by atoms with van der Waals surface area (Å²) in [7, 11) is 0. The van der Waals surface area contributed by atoms with Crippen LogP contribution in [-0.2, 0) is 11.3 Å². The van der Waals surface area contributed by atoms with E-state index >= 15 is 0 Å². The zero-order valence-corrected chi connectivity index (χ0v) is 14.6. The van der Waals surface area contributed by atoms with Crippen molar-refractivity contribution in [2.45, 2.75) is 33.4 Å². The second-order valence-electron chi connectivity index (χ2n) is 5.73. The minimum atomic E-state index is -0.314. The zero-order chi connectivity index (χ0) is 17.3. The molecule has 24 heavy (non-hydrogen) atoms. The molecule has 0 saturated carbocycles. The molecule has 0 aliphatic rings. The minimum absolute atomic E-state index is 0.119. The fourth-order valence-electron chi connectivity index (χ4n) is 2.71. The van der Waals surface area contributed by atoms with Crippen molar-refractivity contribution in [3.05, 3.63) is 56.0 Å². The molecule has 3 aromatic rings. The standard InChI is InChI=1S/C17H18N4O2S/c1-10-8-14(12(3)24-10)11(2)18-16(22)9-21-17(23)13-6-4-5-7-15(13)19-20-21/h4-8,11H,9H2,1-3H3,(H,18,22). The summed E-state index contributed by atoms with van der Waals surface area (Å²) in [5.74, 6) is -0.266. The fourth-order valence-corrected chi connectivity index (χ4v) is 3.73. The van der Waals surface area contributed by atoms with Crippen molar-refractivity contribution in [1.29, 1.82) is 0 Å². The van der Waals surface area contributed by atoms with Crippen LogP contribution in [-0.4, -0.2) is 20.9 Å². The fraction of sp³-hybridized carbons (Fsp3) is 0.294. The molecular weight excluding hydrogens is 324 g/mol. The first-order chi connectivity index (χ1) is 11.5. The quantitative estimate of drug-likeness (QED) is 0.789. The number of aryl methyl sites for hydroxylation is 2. The molecule has 1 N–H and O–H groups in total. The Morgan fingerprint density at radius 2 is 2.08 bits per heavy atom. The number of benzene rings is 1. The molecule has 0 radical (unpaired) electrons. The minimum Gasteiger partial charge on any atom is -0.348 e. The highest BCUT2D eigenvalue weighted by atomic mass is 32.1. The highest BCUT2D eigenvalue weighted by Gasteiger charge is 2.15. The topological polar surface area (TPSA) is 76.9 Å². The van der Waals surface area contributed by atoms with Gasteiger partial charge in [0.25, 0.3) is 5.56 Å². The van der Waals surface area contributed by atoms with Crippen molar-refractivity contribution in [1.82, 2.24) is 20.3 Å². The van der Waals surface area contributed by atoms with E-state index in [0.717, 1.165) is 10.2 Å². The number of hydrogen-bond donors (Lipinski definition) is 1. The van der Waals surface area contributed by atoms with E-state index in [-0.39, 0.29) is 24.1 Å². The van der Waals surface area contributed by atoms with Gasteiger partial charge in [-0.1, -0.05) is 17.3 Å². The van der Waals surface area contributed by atoms with E-state index in [1.165, 1.54) is 9.75 Å². The lowest BCUT2D eigenvalue weighted by atomic mass is 10.1. The van der Waals surface area contributed by atoms with Crippen LogP contribution in [0.3, 0.4) is 0 Å². The zero-order valence-electron chi connectivity index (χ0n) is 13.7. The van der Waals surface area contributed by atoms with E-state index in [0.29, 0.717) is 10.9 Å². The number of aromatic nitrogens is 3. The molecule has 1 atom stereocenters. The number of amides is 1. The first-order valence-corrected chi connectivity index (χ1v) is 8.46. The van der Waals surface area contributed by atoms with Crippen LogP contribution in [0.4, 0.5) is 0 Å². The maximum absolute atomic E-state index is 12.4. The maximum atomic E-state index is 12.4. The first kappa shape index (κ1) is 16.3. The Bertz CT molecular complexity index is 961.